The molecule has 2 aliphatic carbocycles. The number of hydrogen-bond donors (Lipinski definition) is 0. The van der Waals surface area contributed by atoms with Gasteiger partial charge >= 0.3 is 0 Å². The summed E-state index contributed by atoms with van der Waals surface area (Å²) in [6.07, 6.45) is 23.1. The molecule has 0 nitrogen and oxygen atoms in total. The van der Waals surface area contributed by atoms with Crippen molar-refractivity contribution in [2.24, 2.45) is 11.8 Å². The molecule has 0 aliphatic heterocycles. The summed E-state index contributed by atoms with van der Waals surface area (Å²) < 4.78 is 0. The van der Waals surface area contributed by atoms with E-state index in [0.717, 1.165) is 23.7 Å². The van der Waals surface area contributed by atoms with Crippen LogP contribution in [0.4, 0.5) is 0 Å². The van der Waals surface area contributed by atoms with Crippen molar-refractivity contribution in [2.75, 3.05) is 0 Å². The summed E-state index contributed by atoms with van der Waals surface area (Å²) in [4.78, 5) is 0. The van der Waals surface area contributed by atoms with E-state index in [0.29, 0.717) is 0 Å². The van der Waals surface area contributed by atoms with E-state index in [-0.39, 0.29) is 0 Å². The molecule has 0 radical (unpaired) electrons. The fraction of sp³-hybridized carbons (Fsp3) is 0.786. The average Bonchev–Trinajstić information content (AvgIpc) is 2.77. The van der Waals surface area contributed by atoms with Crippen molar-refractivity contribution in [1.82, 2.24) is 0 Å². The number of rotatable bonds is 10. The minimum atomic E-state index is 0.838. The fourth-order valence-electron chi connectivity index (χ4n) is 5.94. The maximum Gasteiger partial charge on any atom is -0.0162 e. The van der Waals surface area contributed by atoms with Gasteiger partial charge in [0.1, 0.15) is 0 Å². The van der Waals surface area contributed by atoms with Crippen molar-refractivity contribution < 1.29 is 0 Å². The van der Waals surface area contributed by atoms with Crippen molar-refractivity contribution in [3.8, 4) is 0 Å². The van der Waals surface area contributed by atoms with Gasteiger partial charge < -0.3 is 0 Å². The number of hydrogen-bond acceptors (Lipinski definition) is 0. The molecule has 0 heteroatoms. The quantitative estimate of drug-likeness (QED) is 0.353. The zero-order valence-electron chi connectivity index (χ0n) is 18.9. The Hall–Kier alpha value is -0.780. The molecule has 0 aromatic heterocycles. The molecule has 0 bridgehead atoms. The van der Waals surface area contributed by atoms with Crippen molar-refractivity contribution >= 4 is 0 Å². The summed E-state index contributed by atoms with van der Waals surface area (Å²) in [6.45, 7) is 4.67. The van der Waals surface area contributed by atoms with Crippen LogP contribution in [-0.4, -0.2) is 0 Å². The van der Waals surface area contributed by atoms with E-state index in [1.54, 1.807) is 11.1 Å². The molecule has 0 heterocycles. The summed E-state index contributed by atoms with van der Waals surface area (Å²) in [5.41, 5.74) is 3.25. The molecule has 28 heavy (non-hydrogen) atoms. The minimum absolute atomic E-state index is 0.838. The van der Waals surface area contributed by atoms with Gasteiger partial charge in [-0.15, -0.1) is 0 Å². The first-order valence-electron chi connectivity index (χ1n) is 12.9. The van der Waals surface area contributed by atoms with Crippen LogP contribution in [0.1, 0.15) is 140 Å². The van der Waals surface area contributed by atoms with Gasteiger partial charge in [0.15, 0.2) is 0 Å². The molecule has 2 saturated carbocycles. The Morgan fingerprint density at radius 1 is 0.571 bits per heavy atom. The first kappa shape index (κ1) is 21.9. The third-order valence-corrected chi connectivity index (χ3v) is 8.12. The lowest BCUT2D eigenvalue weighted by molar-refractivity contribution is 0.301. The van der Waals surface area contributed by atoms with Crippen LogP contribution in [-0.2, 0) is 0 Å². The molecule has 3 rings (SSSR count). The Bertz CT molecular complexity index is 511. The molecular weight excluding hydrogens is 336 g/mol. The number of unbranched alkanes of at least 4 members (excludes halogenated alkanes) is 5. The van der Waals surface area contributed by atoms with Crippen molar-refractivity contribution in [2.45, 2.75) is 128 Å². The van der Waals surface area contributed by atoms with Crippen LogP contribution >= 0.6 is 0 Å². The lowest BCUT2D eigenvalue weighted by Gasteiger charge is -2.30. The zero-order chi connectivity index (χ0) is 19.6. The van der Waals surface area contributed by atoms with Gasteiger partial charge in [-0.25, -0.2) is 0 Å². The smallest absolute Gasteiger partial charge is 0.0162 e. The molecule has 0 unspecified atom stereocenters. The van der Waals surface area contributed by atoms with Gasteiger partial charge in [-0.1, -0.05) is 89.5 Å². The highest BCUT2D eigenvalue weighted by Crippen LogP contribution is 2.40. The van der Waals surface area contributed by atoms with Crippen LogP contribution in [0.2, 0.25) is 0 Å². The maximum atomic E-state index is 2.49. The third-order valence-electron chi connectivity index (χ3n) is 8.12. The zero-order valence-corrected chi connectivity index (χ0v) is 18.9. The fourth-order valence-corrected chi connectivity index (χ4v) is 5.94. The summed E-state index contributed by atoms with van der Waals surface area (Å²) in [6, 6.07) is 9.93. The molecule has 2 fully saturated rings. The van der Waals surface area contributed by atoms with Gasteiger partial charge in [-0.2, -0.15) is 0 Å². The van der Waals surface area contributed by atoms with E-state index in [1.165, 1.54) is 103 Å². The second-order valence-electron chi connectivity index (χ2n) is 10.1. The van der Waals surface area contributed by atoms with Crippen LogP contribution in [0.15, 0.2) is 24.3 Å². The van der Waals surface area contributed by atoms with Crippen LogP contribution in [0.3, 0.4) is 0 Å². The summed E-state index contributed by atoms with van der Waals surface area (Å²) in [7, 11) is 0. The molecule has 0 N–H and O–H groups in total. The predicted octanol–water partition coefficient (Wildman–Crippen LogP) is 9.39. The van der Waals surface area contributed by atoms with Crippen LogP contribution in [0, 0.1) is 11.8 Å². The lowest BCUT2D eigenvalue weighted by Crippen LogP contribution is -2.14. The van der Waals surface area contributed by atoms with E-state index in [4.69, 9.17) is 0 Å². The molecule has 0 spiro atoms. The summed E-state index contributed by atoms with van der Waals surface area (Å²) in [5, 5.41) is 0. The second-order valence-corrected chi connectivity index (χ2v) is 10.1. The average molecular weight is 383 g/mol. The van der Waals surface area contributed by atoms with Gasteiger partial charge in [0.05, 0.1) is 0 Å². The lowest BCUT2D eigenvalue weighted by atomic mass is 9.75. The highest BCUT2D eigenvalue weighted by Gasteiger charge is 2.24. The van der Waals surface area contributed by atoms with E-state index in [9.17, 15) is 0 Å². The molecule has 0 saturated heterocycles. The standard InChI is InChI=1S/C28H46/c1-3-5-6-7-8-9-10-24-13-17-26(18-14-24)28-21-19-27(20-22-28)25-15-11-23(4-2)12-16-25/h19-26H,3-18H2,1-2H3. The SMILES string of the molecule is CCCCCCCCC1CCC(c2ccc(C3CCC(CC)CC3)cc2)CC1. The molecule has 158 valence electrons. The monoisotopic (exact) mass is 382 g/mol. The van der Waals surface area contributed by atoms with Crippen molar-refractivity contribution in [1.29, 1.82) is 0 Å². The van der Waals surface area contributed by atoms with Gasteiger partial charge in [0.2, 0.25) is 0 Å². The Balaban J connectivity index is 1.36. The first-order chi connectivity index (χ1) is 13.8. The Kier molecular flexibility index (Phi) is 9.42. The Morgan fingerprint density at radius 2 is 1.04 bits per heavy atom. The molecule has 0 amide bonds. The summed E-state index contributed by atoms with van der Waals surface area (Å²) >= 11 is 0. The van der Waals surface area contributed by atoms with E-state index < -0.39 is 0 Å². The first-order valence-corrected chi connectivity index (χ1v) is 12.9. The van der Waals surface area contributed by atoms with Gasteiger partial charge in [0.25, 0.3) is 0 Å². The van der Waals surface area contributed by atoms with E-state index in [2.05, 4.69) is 38.1 Å². The molecule has 1 aromatic rings. The Labute approximate surface area is 175 Å². The third kappa shape index (κ3) is 6.64. The largest absolute Gasteiger partial charge is 0.0654 e. The van der Waals surface area contributed by atoms with Gasteiger partial charge in [0, 0.05) is 0 Å². The minimum Gasteiger partial charge on any atom is -0.0654 e. The maximum absolute atomic E-state index is 2.49. The van der Waals surface area contributed by atoms with Gasteiger partial charge in [-0.05, 0) is 86.2 Å². The highest BCUT2D eigenvalue weighted by molar-refractivity contribution is 5.28. The number of benzene rings is 1. The normalized spacial score (nSPS) is 28.4. The van der Waals surface area contributed by atoms with Gasteiger partial charge in [-0.3, -0.25) is 0 Å². The highest BCUT2D eigenvalue weighted by atomic mass is 14.3. The van der Waals surface area contributed by atoms with Crippen LogP contribution in [0.25, 0.3) is 0 Å². The van der Waals surface area contributed by atoms with Crippen molar-refractivity contribution in [3.05, 3.63) is 35.4 Å². The molecule has 2 aliphatic rings. The molecule has 0 atom stereocenters. The topological polar surface area (TPSA) is 0 Å². The predicted molar refractivity (Wildman–Crippen MR) is 124 cm³/mol. The Morgan fingerprint density at radius 3 is 1.54 bits per heavy atom. The van der Waals surface area contributed by atoms with Crippen molar-refractivity contribution in [3.63, 3.8) is 0 Å². The van der Waals surface area contributed by atoms with E-state index in [1.807, 2.05) is 0 Å². The van der Waals surface area contributed by atoms with Crippen LogP contribution < -0.4 is 0 Å². The van der Waals surface area contributed by atoms with E-state index >= 15 is 0 Å². The molecule has 1 aromatic carbocycles. The van der Waals surface area contributed by atoms with Crippen LogP contribution in [0.5, 0.6) is 0 Å². The second kappa shape index (κ2) is 12.0. The summed E-state index contributed by atoms with van der Waals surface area (Å²) in [5.74, 6) is 3.70. The molecular formula is C28H46.